The number of carbonyl (C=O) groups excluding carboxylic acids is 1. The van der Waals surface area contributed by atoms with Gasteiger partial charge >= 0.3 is 5.97 Å². The molecular formula is C7H13NO3S. The number of aliphatic carboxylic acids is 1. The number of carbonyl (C=O) groups is 2. The number of carboxylic acid groups (broad SMARTS) is 1. The molecule has 0 aromatic heterocycles. The van der Waals surface area contributed by atoms with Crippen LogP contribution >= 0.6 is 11.8 Å². The van der Waals surface area contributed by atoms with Crippen molar-refractivity contribution < 1.29 is 14.7 Å². The summed E-state index contributed by atoms with van der Waals surface area (Å²) in [5, 5.41) is 8.39. The Labute approximate surface area is 75.5 Å². The first kappa shape index (κ1) is 11.4. The van der Waals surface area contributed by atoms with Crippen LogP contribution in [0.4, 0.5) is 0 Å². The quantitative estimate of drug-likeness (QED) is 0.582. The van der Waals surface area contributed by atoms with Gasteiger partial charge in [-0.3, -0.25) is 9.59 Å². The topological polar surface area (TPSA) is 80.4 Å². The zero-order valence-electron chi connectivity index (χ0n) is 6.95. The van der Waals surface area contributed by atoms with Crippen LogP contribution in [0.25, 0.3) is 0 Å². The molecule has 0 aliphatic rings. The molecular weight excluding hydrogens is 178 g/mol. The second-order valence-electron chi connectivity index (χ2n) is 2.49. The summed E-state index contributed by atoms with van der Waals surface area (Å²) in [6.07, 6.45) is 0.410. The van der Waals surface area contributed by atoms with Gasteiger partial charge in [0, 0.05) is 0 Å². The van der Waals surface area contributed by atoms with E-state index in [-0.39, 0.29) is 5.78 Å². The van der Waals surface area contributed by atoms with Gasteiger partial charge < -0.3 is 10.8 Å². The number of rotatable bonds is 6. The minimum absolute atomic E-state index is 0.101. The number of thioether (sulfide) groups is 1. The normalized spacial score (nSPS) is 12.5. The van der Waals surface area contributed by atoms with Crippen LogP contribution in [0.5, 0.6) is 0 Å². The van der Waals surface area contributed by atoms with Crippen LogP contribution in [0.2, 0.25) is 0 Å². The highest BCUT2D eigenvalue weighted by Crippen LogP contribution is 2.03. The van der Waals surface area contributed by atoms with Gasteiger partial charge in [0.2, 0.25) is 0 Å². The van der Waals surface area contributed by atoms with Crippen LogP contribution in [-0.2, 0) is 9.59 Å². The van der Waals surface area contributed by atoms with Crippen molar-refractivity contribution in [2.75, 3.05) is 11.5 Å². The molecule has 0 spiro atoms. The van der Waals surface area contributed by atoms with Gasteiger partial charge in [-0.05, 0) is 19.1 Å². The van der Waals surface area contributed by atoms with Crippen molar-refractivity contribution >= 4 is 23.5 Å². The van der Waals surface area contributed by atoms with Crippen LogP contribution in [0, 0.1) is 0 Å². The largest absolute Gasteiger partial charge is 0.480 e. The molecule has 0 saturated heterocycles. The molecule has 0 radical (unpaired) electrons. The molecule has 0 fully saturated rings. The molecule has 0 aliphatic heterocycles. The van der Waals surface area contributed by atoms with Gasteiger partial charge in [0.1, 0.15) is 11.8 Å². The van der Waals surface area contributed by atoms with E-state index < -0.39 is 12.0 Å². The molecule has 70 valence electrons. The molecule has 0 heterocycles. The lowest BCUT2D eigenvalue weighted by Crippen LogP contribution is -2.30. The van der Waals surface area contributed by atoms with E-state index in [1.165, 1.54) is 18.7 Å². The Balaban J connectivity index is 3.31. The first-order chi connectivity index (χ1) is 5.54. The average Bonchev–Trinajstić information content (AvgIpc) is 1.97. The van der Waals surface area contributed by atoms with Gasteiger partial charge in [-0.2, -0.15) is 11.8 Å². The summed E-state index contributed by atoms with van der Waals surface area (Å²) in [5.41, 5.74) is 5.24. The van der Waals surface area contributed by atoms with Crippen LogP contribution in [-0.4, -0.2) is 34.4 Å². The van der Waals surface area contributed by atoms with Crippen LogP contribution in [0.15, 0.2) is 0 Å². The average molecular weight is 191 g/mol. The van der Waals surface area contributed by atoms with Crippen molar-refractivity contribution in [2.45, 2.75) is 19.4 Å². The Hall–Kier alpha value is -0.550. The molecule has 1 atom stereocenters. The maximum absolute atomic E-state index is 10.5. The van der Waals surface area contributed by atoms with E-state index in [9.17, 15) is 9.59 Å². The predicted molar refractivity (Wildman–Crippen MR) is 48.2 cm³/mol. The van der Waals surface area contributed by atoms with Gasteiger partial charge in [0.15, 0.2) is 0 Å². The maximum Gasteiger partial charge on any atom is 0.320 e. The Morgan fingerprint density at radius 2 is 2.17 bits per heavy atom. The van der Waals surface area contributed by atoms with Crippen molar-refractivity contribution in [1.29, 1.82) is 0 Å². The summed E-state index contributed by atoms with van der Waals surface area (Å²) in [4.78, 5) is 20.7. The highest BCUT2D eigenvalue weighted by Gasteiger charge is 2.10. The summed E-state index contributed by atoms with van der Waals surface area (Å²) in [6.45, 7) is 1.50. The monoisotopic (exact) mass is 191 g/mol. The molecule has 5 heteroatoms. The standard InChI is InChI=1S/C7H13NO3S/c1-5(9)4-12-3-2-6(8)7(10)11/h6H,2-4,8H2,1H3,(H,10,11)/t6-/m0/s1. The van der Waals surface area contributed by atoms with Gasteiger partial charge in [-0.25, -0.2) is 0 Å². The number of hydrogen-bond donors (Lipinski definition) is 2. The molecule has 3 N–H and O–H groups in total. The fourth-order valence-corrected chi connectivity index (χ4v) is 1.40. The number of ketones is 1. The third kappa shape index (κ3) is 6.18. The molecule has 0 aliphatic carbocycles. The van der Waals surface area contributed by atoms with Crippen molar-refractivity contribution in [1.82, 2.24) is 0 Å². The van der Waals surface area contributed by atoms with Gasteiger partial charge in [-0.15, -0.1) is 0 Å². The van der Waals surface area contributed by atoms with Gasteiger partial charge in [0.25, 0.3) is 0 Å². The Morgan fingerprint density at radius 1 is 1.58 bits per heavy atom. The van der Waals surface area contributed by atoms with E-state index in [2.05, 4.69) is 0 Å². The van der Waals surface area contributed by atoms with Crippen molar-refractivity contribution in [3.05, 3.63) is 0 Å². The second kappa shape index (κ2) is 6.02. The first-order valence-electron chi connectivity index (χ1n) is 3.59. The number of nitrogens with two attached hydrogens (primary N) is 1. The van der Waals surface area contributed by atoms with Crippen molar-refractivity contribution in [3.8, 4) is 0 Å². The van der Waals surface area contributed by atoms with Gasteiger partial charge in [0.05, 0.1) is 5.75 Å². The lowest BCUT2D eigenvalue weighted by molar-refractivity contribution is -0.138. The van der Waals surface area contributed by atoms with E-state index in [1.54, 1.807) is 0 Å². The summed E-state index contributed by atoms with van der Waals surface area (Å²) < 4.78 is 0. The summed E-state index contributed by atoms with van der Waals surface area (Å²) >= 11 is 1.41. The van der Waals surface area contributed by atoms with E-state index in [4.69, 9.17) is 10.8 Å². The zero-order chi connectivity index (χ0) is 9.56. The van der Waals surface area contributed by atoms with Crippen LogP contribution < -0.4 is 5.73 Å². The van der Waals surface area contributed by atoms with Crippen molar-refractivity contribution in [3.63, 3.8) is 0 Å². The van der Waals surface area contributed by atoms with E-state index >= 15 is 0 Å². The molecule has 0 amide bonds. The molecule has 0 aromatic rings. The molecule has 4 nitrogen and oxygen atoms in total. The Bertz CT molecular complexity index is 172. The Morgan fingerprint density at radius 3 is 2.58 bits per heavy atom. The number of hydrogen-bond acceptors (Lipinski definition) is 4. The minimum atomic E-state index is -0.988. The van der Waals surface area contributed by atoms with Crippen LogP contribution in [0.3, 0.4) is 0 Å². The molecule has 0 bridgehead atoms. The molecule has 0 rings (SSSR count). The minimum Gasteiger partial charge on any atom is -0.480 e. The number of carboxylic acids is 1. The Kier molecular flexibility index (Phi) is 5.74. The van der Waals surface area contributed by atoms with E-state index in [0.717, 1.165) is 0 Å². The fraction of sp³-hybridized carbons (Fsp3) is 0.714. The van der Waals surface area contributed by atoms with Crippen LogP contribution in [0.1, 0.15) is 13.3 Å². The SMILES string of the molecule is CC(=O)CSCC[C@H](N)C(=O)O. The number of Topliss-reactive ketones (excluding diaryl/α,β-unsaturated/α-hetero) is 1. The third-order valence-corrected chi connectivity index (χ3v) is 2.33. The molecule has 0 saturated carbocycles. The first-order valence-corrected chi connectivity index (χ1v) is 4.75. The van der Waals surface area contributed by atoms with E-state index in [1.807, 2.05) is 0 Å². The summed E-state index contributed by atoms with van der Waals surface area (Å²) in [5.74, 6) is 0.168. The predicted octanol–water partition coefficient (Wildman–Crippen LogP) is 0.111. The highest BCUT2D eigenvalue weighted by molar-refractivity contribution is 7.99. The second-order valence-corrected chi connectivity index (χ2v) is 3.59. The zero-order valence-corrected chi connectivity index (χ0v) is 7.76. The lowest BCUT2D eigenvalue weighted by Gasteiger charge is -2.04. The summed E-state index contributed by atoms with van der Waals surface area (Å²) in [7, 11) is 0. The van der Waals surface area contributed by atoms with E-state index in [0.29, 0.717) is 17.9 Å². The lowest BCUT2D eigenvalue weighted by atomic mass is 10.2. The summed E-state index contributed by atoms with van der Waals surface area (Å²) in [6, 6.07) is -0.801. The smallest absolute Gasteiger partial charge is 0.320 e. The van der Waals surface area contributed by atoms with Gasteiger partial charge in [-0.1, -0.05) is 0 Å². The molecule has 0 aromatic carbocycles. The fourth-order valence-electron chi connectivity index (χ4n) is 0.550. The van der Waals surface area contributed by atoms with Crippen molar-refractivity contribution in [2.24, 2.45) is 5.73 Å². The maximum atomic E-state index is 10.5. The third-order valence-electron chi connectivity index (χ3n) is 1.20. The molecule has 12 heavy (non-hydrogen) atoms. The molecule has 0 unspecified atom stereocenters. The highest BCUT2D eigenvalue weighted by atomic mass is 32.2.